The number of rotatable bonds is 6. The number of hydrogen-bond donors (Lipinski definition) is 0. The molecule has 2 rings (SSSR count). The first-order valence-corrected chi connectivity index (χ1v) is 6.85. The molecule has 0 unspecified atom stereocenters. The SMILES string of the molecule is CCn1cnnc1[C@H]1CN(CCOCC(F)(F)F)CCO1. The minimum atomic E-state index is -4.27. The van der Waals surface area contributed by atoms with Crippen LogP contribution in [0.4, 0.5) is 13.2 Å². The standard InChI is InChI=1S/C12H19F3N4O2/c1-2-19-9-16-17-11(19)10-7-18(4-6-21-10)3-5-20-8-12(13,14)15/h9-10H,2-8H2,1H3/t10-/m1/s1. The predicted octanol–water partition coefficient (Wildman–Crippen LogP) is 1.25. The maximum absolute atomic E-state index is 12.0. The maximum atomic E-state index is 12.0. The highest BCUT2D eigenvalue weighted by atomic mass is 19.4. The third-order valence-corrected chi connectivity index (χ3v) is 3.24. The van der Waals surface area contributed by atoms with Crippen LogP contribution in [0.15, 0.2) is 6.33 Å². The van der Waals surface area contributed by atoms with Crippen LogP contribution in [0.2, 0.25) is 0 Å². The summed E-state index contributed by atoms with van der Waals surface area (Å²) < 4.78 is 48.1. The van der Waals surface area contributed by atoms with E-state index in [1.165, 1.54) is 0 Å². The van der Waals surface area contributed by atoms with Crippen molar-refractivity contribution in [1.29, 1.82) is 0 Å². The molecular formula is C12H19F3N4O2. The fraction of sp³-hybridized carbons (Fsp3) is 0.833. The van der Waals surface area contributed by atoms with Crippen LogP contribution in [-0.2, 0) is 16.0 Å². The molecule has 0 spiro atoms. The van der Waals surface area contributed by atoms with Crippen molar-refractivity contribution in [2.45, 2.75) is 25.7 Å². The van der Waals surface area contributed by atoms with E-state index in [1.54, 1.807) is 6.33 Å². The zero-order chi connectivity index (χ0) is 15.3. The van der Waals surface area contributed by atoms with Gasteiger partial charge in [-0.25, -0.2) is 0 Å². The van der Waals surface area contributed by atoms with Crippen molar-refractivity contribution in [3.05, 3.63) is 12.2 Å². The van der Waals surface area contributed by atoms with E-state index in [0.717, 1.165) is 12.4 Å². The molecule has 9 heteroatoms. The molecule has 1 aromatic heterocycles. The molecule has 2 heterocycles. The van der Waals surface area contributed by atoms with Crippen molar-refractivity contribution < 1.29 is 22.6 Å². The van der Waals surface area contributed by atoms with Crippen molar-refractivity contribution in [3.8, 4) is 0 Å². The number of morpholine rings is 1. The Bertz CT molecular complexity index is 438. The van der Waals surface area contributed by atoms with Crippen molar-refractivity contribution in [2.24, 2.45) is 0 Å². The molecule has 21 heavy (non-hydrogen) atoms. The van der Waals surface area contributed by atoms with E-state index in [9.17, 15) is 13.2 Å². The molecule has 0 aliphatic carbocycles. The first kappa shape index (κ1) is 16.2. The summed E-state index contributed by atoms with van der Waals surface area (Å²) in [5.41, 5.74) is 0. The zero-order valence-electron chi connectivity index (χ0n) is 11.8. The molecule has 120 valence electrons. The van der Waals surface area contributed by atoms with Gasteiger partial charge in [-0.3, -0.25) is 4.90 Å². The molecule has 0 radical (unpaired) electrons. The Balaban J connectivity index is 1.78. The van der Waals surface area contributed by atoms with Crippen molar-refractivity contribution >= 4 is 0 Å². The van der Waals surface area contributed by atoms with Gasteiger partial charge in [0.25, 0.3) is 0 Å². The number of ether oxygens (including phenoxy) is 2. The lowest BCUT2D eigenvalue weighted by Crippen LogP contribution is -2.41. The van der Waals surface area contributed by atoms with Crippen LogP contribution in [0.5, 0.6) is 0 Å². The molecule has 6 nitrogen and oxygen atoms in total. The Morgan fingerprint density at radius 1 is 1.48 bits per heavy atom. The van der Waals surface area contributed by atoms with E-state index in [4.69, 9.17) is 4.74 Å². The number of nitrogens with zero attached hydrogens (tertiary/aromatic N) is 4. The van der Waals surface area contributed by atoms with Gasteiger partial charge in [0, 0.05) is 26.2 Å². The number of halogens is 3. The molecule has 1 atom stereocenters. The van der Waals surface area contributed by atoms with Gasteiger partial charge in [-0.1, -0.05) is 0 Å². The lowest BCUT2D eigenvalue weighted by molar-refractivity contribution is -0.175. The monoisotopic (exact) mass is 308 g/mol. The summed E-state index contributed by atoms with van der Waals surface area (Å²) in [6, 6.07) is 0. The van der Waals surface area contributed by atoms with Gasteiger partial charge in [0.1, 0.15) is 19.0 Å². The van der Waals surface area contributed by atoms with Crippen LogP contribution < -0.4 is 0 Å². The minimum Gasteiger partial charge on any atom is -0.371 e. The van der Waals surface area contributed by atoms with Gasteiger partial charge < -0.3 is 14.0 Å². The van der Waals surface area contributed by atoms with Gasteiger partial charge in [0.2, 0.25) is 0 Å². The van der Waals surface area contributed by atoms with Gasteiger partial charge in [0.15, 0.2) is 5.82 Å². The van der Waals surface area contributed by atoms with Crippen LogP contribution in [-0.4, -0.2) is 65.3 Å². The van der Waals surface area contributed by atoms with E-state index in [2.05, 4.69) is 14.9 Å². The topological polar surface area (TPSA) is 52.4 Å². The van der Waals surface area contributed by atoms with Crippen LogP contribution in [0.3, 0.4) is 0 Å². The molecule has 1 aliphatic rings. The van der Waals surface area contributed by atoms with Gasteiger partial charge in [0.05, 0.1) is 13.2 Å². The van der Waals surface area contributed by atoms with Crippen LogP contribution in [0.25, 0.3) is 0 Å². The maximum Gasteiger partial charge on any atom is 0.411 e. The lowest BCUT2D eigenvalue weighted by atomic mass is 10.2. The largest absolute Gasteiger partial charge is 0.411 e. The highest BCUT2D eigenvalue weighted by molar-refractivity contribution is 4.94. The molecule has 0 aromatic carbocycles. The Labute approximate surface area is 120 Å². The van der Waals surface area contributed by atoms with E-state index < -0.39 is 12.8 Å². The summed E-state index contributed by atoms with van der Waals surface area (Å²) in [4.78, 5) is 2.01. The Kier molecular flexibility index (Phi) is 5.54. The molecule has 0 amide bonds. The summed E-state index contributed by atoms with van der Waals surface area (Å²) >= 11 is 0. The summed E-state index contributed by atoms with van der Waals surface area (Å²) in [5, 5.41) is 7.92. The van der Waals surface area contributed by atoms with E-state index in [-0.39, 0.29) is 12.7 Å². The molecule has 0 bridgehead atoms. The molecule has 1 aliphatic heterocycles. The van der Waals surface area contributed by atoms with Gasteiger partial charge in [-0.05, 0) is 6.92 Å². The second kappa shape index (κ2) is 7.19. The molecular weight excluding hydrogens is 289 g/mol. The lowest BCUT2D eigenvalue weighted by Gasteiger charge is -2.32. The minimum absolute atomic E-state index is 0.0483. The fourth-order valence-corrected chi connectivity index (χ4v) is 2.20. The zero-order valence-corrected chi connectivity index (χ0v) is 11.8. The number of aromatic nitrogens is 3. The summed E-state index contributed by atoms with van der Waals surface area (Å²) in [5.74, 6) is 0.749. The van der Waals surface area contributed by atoms with E-state index in [0.29, 0.717) is 26.2 Å². The average Bonchev–Trinajstić information content (AvgIpc) is 2.91. The quantitative estimate of drug-likeness (QED) is 0.740. The van der Waals surface area contributed by atoms with Gasteiger partial charge in [-0.2, -0.15) is 13.2 Å². The highest BCUT2D eigenvalue weighted by Gasteiger charge is 2.28. The van der Waals surface area contributed by atoms with Gasteiger partial charge in [-0.15, -0.1) is 10.2 Å². The van der Waals surface area contributed by atoms with E-state index in [1.807, 2.05) is 16.4 Å². The summed E-state index contributed by atoms with van der Waals surface area (Å²) in [6.07, 6.45) is -2.83. The van der Waals surface area contributed by atoms with Crippen LogP contribution in [0, 0.1) is 0 Å². The highest BCUT2D eigenvalue weighted by Crippen LogP contribution is 2.20. The first-order chi connectivity index (χ1) is 9.99. The normalized spacial score (nSPS) is 20.9. The van der Waals surface area contributed by atoms with E-state index >= 15 is 0 Å². The summed E-state index contributed by atoms with van der Waals surface area (Å²) in [6.45, 7) is 3.78. The average molecular weight is 308 g/mol. The Morgan fingerprint density at radius 2 is 2.29 bits per heavy atom. The fourth-order valence-electron chi connectivity index (χ4n) is 2.20. The molecule has 0 saturated carbocycles. The summed E-state index contributed by atoms with van der Waals surface area (Å²) in [7, 11) is 0. The third-order valence-electron chi connectivity index (χ3n) is 3.24. The number of alkyl halides is 3. The number of hydrogen-bond acceptors (Lipinski definition) is 5. The first-order valence-electron chi connectivity index (χ1n) is 6.85. The predicted molar refractivity (Wildman–Crippen MR) is 67.7 cm³/mol. The molecule has 1 saturated heterocycles. The molecule has 1 aromatic rings. The van der Waals surface area contributed by atoms with Crippen LogP contribution >= 0.6 is 0 Å². The van der Waals surface area contributed by atoms with Crippen molar-refractivity contribution in [1.82, 2.24) is 19.7 Å². The molecule has 0 N–H and O–H groups in total. The third kappa shape index (κ3) is 4.94. The Hall–Kier alpha value is -1.19. The van der Waals surface area contributed by atoms with Crippen molar-refractivity contribution in [3.63, 3.8) is 0 Å². The van der Waals surface area contributed by atoms with Crippen molar-refractivity contribution in [2.75, 3.05) is 39.5 Å². The van der Waals surface area contributed by atoms with Gasteiger partial charge >= 0.3 is 6.18 Å². The second-order valence-electron chi connectivity index (χ2n) is 4.80. The second-order valence-corrected chi connectivity index (χ2v) is 4.80. The van der Waals surface area contributed by atoms with Crippen LogP contribution in [0.1, 0.15) is 18.9 Å². The smallest absolute Gasteiger partial charge is 0.371 e. The molecule has 1 fully saturated rings. The number of aryl methyl sites for hydroxylation is 1. The Morgan fingerprint density at radius 3 is 3.00 bits per heavy atom.